The molecule has 2 heterocycles. The fourth-order valence-corrected chi connectivity index (χ4v) is 2.45. The van der Waals surface area contributed by atoms with Gasteiger partial charge in [-0.3, -0.25) is 9.69 Å². The third-order valence-electron chi connectivity index (χ3n) is 3.83. The molecule has 2 rings (SSSR count). The Hall–Kier alpha value is -0.650. The van der Waals surface area contributed by atoms with E-state index in [9.17, 15) is 4.79 Å². The molecule has 0 aromatic rings. The van der Waals surface area contributed by atoms with Crippen LogP contribution in [0.15, 0.2) is 0 Å². The van der Waals surface area contributed by atoms with Crippen LogP contribution in [0, 0.1) is 0 Å². The van der Waals surface area contributed by atoms with E-state index < -0.39 is 0 Å². The molecule has 0 aromatic carbocycles. The molecular formula is C12H24N4O. The van der Waals surface area contributed by atoms with Crippen molar-refractivity contribution in [2.45, 2.75) is 13.0 Å². The summed E-state index contributed by atoms with van der Waals surface area (Å²) in [5.41, 5.74) is 0. The fraction of sp³-hybridized carbons (Fsp3) is 0.917. The quantitative estimate of drug-likeness (QED) is 0.676. The van der Waals surface area contributed by atoms with Gasteiger partial charge in [0.05, 0.1) is 6.54 Å². The van der Waals surface area contributed by atoms with E-state index in [0.717, 1.165) is 45.8 Å². The van der Waals surface area contributed by atoms with Gasteiger partial charge in [0.25, 0.3) is 0 Å². The molecule has 0 saturated carbocycles. The topological polar surface area (TPSA) is 38.8 Å². The molecule has 0 bridgehead atoms. The highest BCUT2D eigenvalue weighted by Crippen LogP contribution is 2.05. The average Bonchev–Trinajstić information content (AvgIpc) is 2.33. The summed E-state index contributed by atoms with van der Waals surface area (Å²) in [5, 5.41) is 3.35. The van der Waals surface area contributed by atoms with Gasteiger partial charge < -0.3 is 15.1 Å². The van der Waals surface area contributed by atoms with E-state index in [1.807, 2.05) is 4.90 Å². The Balaban J connectivity index is 1.79. The summed E-state index contributed by atoms with van der Waals surface area (Å²) in [6, 6.07) is 0.472. The summed E-state index contributed by atoms with van der Waals surface area (Å²) in [6.07, 6.45) is 0. The van der Waals surface area contributed by atoms with Crippen LogP contribution in [0.3, 0.4) is 0 Å². The Morgan fingerprint density at radius 3 is 2.59 bits per heavy atom. The second-order valence-corrected chi connectivity index (χ2v) is 5.21. The van der Waals surface area contributed by atoms with Crippen LogP contribution in [0.1, 0.15) is 6.92 Å². The van der Waals surface area contributed by atoms with Gasteiger partial charge in [0.15, 0.2) is 0 Å². The predicted molar refractivity (Wildman–Crippen MR) is 68.0 cm³/mol. The Labute approximate surface area is 104 Å². The van der Waals surface area contributed by atoms with Gasteiger partial charge in [0, 0.05) is 51.9 Å². The van der Waals surface area contributed by atoms with Crippen LogP contribution >= 0.6 is 0 Å². The molecular weight excluding hydrogens is 216 g/mol. The standard InChI is InChI=1S/C12H24N4O/c1-11-9-13-3-4-16(11)10-12(17)15-7-5-14(2)6-8-15/h11,13H,3-10H2,1-2H3. The van der Waals surface area contributed by atoms with Crippen molar-refractivity contribution in [2.75, 3.05) is 59.4 Å². The summed E-state index contributed by atoms with van der Waals surface area (Å²) in [7, 11) is 2.11. The van der Waals surface area contributed by atoms with Crippen molar-refractivity contribution in [3.05, 3.63) is 0 Å². The number of rotatable bonds is 2. The fourth-order valence-electron chi connectivity index (χ4n) is 2.45. The van der Waals surface area contributed by atoms with Gasteiger partial charge in [-0.2, -0.15) is 0 Å². The molecule has 17 heavy (non-hydrogen) atoms. The second-order valence-electron chi connectivity index (χ2n) is 5.21. The van der Waals surface area contributed by atoms with Gasteiger partial charge in [-0.05, 0) is 14.0 Å². The van der Waals surface area contributed by atoms with Gasteiger partial charge in [0.2, 0.25) is 5.91 Å². The third kappa shape index (κ3) is 3.40. The highest BCUT2D eigenvalue weighted by atomic mass is 16.2. The van der Waals surface area contributed by atoms with E-state index in [0.29, 0.717) is 18.5 Å². The summed E-state index contributed by atoms with van der Waals surface area (Å²) in [4.78, 5) is 18.7. The van der Waals surface area contributed by atoms with Crippen molar-refractivity contribution in [2.24, 2.45) is 0 Å². The summed E-state index contributed by atoms with van der Waals surface area (Å²) < 4.78 is 0. The number of amides is 1. The zero-order valence-electron chi connectivity index (χ0n) is 11.0. The molecule has 0 spiro atoms. The molecule has 0 radical (unpaired) electrons. The minimum Gasteiger partial charge on any atom is -0.339 e. The molecule has 2 aliphatic rings. The number of nitrogens with one attached hydrogen (secondary N) is 1. The van der Waals surface area contributed by atoms with Crippen molar-refractivity contribution in [1.29, 1.82) is 0 Å². The minimum absolute atomic E-state index is 0.298. The van der Waals surface area contributed by atoms with E-state index in [4.69, 9.17) is 0 Å². The molecule has 2 fully saturated rings. The lowest BCUT2D eigenvalue weighted by Crippen LogP contribution is -2.55. The highest BCUT2D eigenvalue weighted by Gasteiger charge is 2.24. The zero-order chi connectivity index (χ0) is 12.3. The first-order chi connectivity index (χ1) is 8.16. The summed E-state index contributed by atoms with van der Waals surface area (Å²) in [5.74, 6) is 0.298. The van der Waals surface area contributed by atoms with E-state index in [1.54, 1.807) is 0 Å². The Morgan fingerprint density at radius 2 is 1.94 bits per heavy atom. The summed E-state index contributed by atoms with van der Waals surface area (Å²) in [6.45, 7) is 9.53. The largest absolute Gasteiger partial charge is 0.339 e. The van der Waals surface area contributed by atoms with Crippen LogP contribution in [-0.4, -0.2) is 86.1 Å². The minimum atomic E-state index is 0.298. The first kappa shape index (κ1) is 12.8. The molecule has 1 N–H and O–H groups in total. The van der Waals surface area contributed by atoms with Gasteiger partial charge in [0.1, 0.15) is 0 Å². The molecule has 2 aliphatic heterocycles. The Morgan fingerprint density at radius 1 is 1.24 bits per heavy atom. The molecule has 1 amide bonds. The Bertz CT molecular complexity index is 263. The molecule has 1 unspecified atom stereocenters. The third-order valence-corrected chi connectivity index (χ3v) is 3.83. The molecule has 5 nitrogen and oxygen atoms in total. The molecule has 0 aliphatic carbocycles. The number of hydrogen-bond acceptors (Lipinski definition) is 4. The lowest BCUT2D eigenvalue weighted by atomic mass is 10.2. The molecule has 0 aromatic heterocycles. The van der Waals surface area contributed by atoms with Crippen molar-refractivity contribution >= 4 is 5.91 Å². The van der Waals surface area contributed by atoms with E-state index in [2.05, 4.69) is 29.1 Å². The monoisotopic (exact) mass is 240 g/mol. The van der Waals surface area contributed by atoms with Crippen LogP contribution < -0.4 is 5.32 Å². The highest BCUT2D eigenvalue weighted by molar-refractivity contribution is 5.78. The van der Waals surface area contributed by atoms with E-state index >= 15 is 0 Å². The van der Waals surface area contributed by atoms with Crippen LogP contribution in [0.25, 0.3) is 0 Å². The maximum Gasteiger partial charge on any atom is 0.236 e. The van der Waals surface area contributed by atoms with Gasteiger partial charge in [-0.1, -0.05) is 0 Å². The van der Waals surface area contributed by atoms with Gasteiger partial charge >= 0.3 is 0 Å². The maximum absolute atomic E-state index is 12.2. The van der Waals surface area contributed by atoms with E-state index in [1.165, 1.54) is 0 Å². The SMILES string of the molecule is CC1CNCCN1CC(=O)N1CCN(C)CC1. The average molecular weight is 240 g/mol. The van der Waals surface area contributed by atoms with Crippen LogP contribution in [0.2, 0.25) is 0 Å². The molecule has 5 heteroatoms. The lowest BCUT2D eigenvalue weighted by molar-refractivity contribution is -0.134. The zero-order valence-corrected chi connectivity index (χ0v) is 11.0. The van der Waals surface area contributed by atoms with Crippen molar-refractivity contribution < 1.29 is 4.79 Å². The number of carbonyl (C=O) groups excluding carboxylic acids is 1. The smallest absolute Gasteiger partial charge is 0.236 e. The predicted octanol–water partition coefficient (Wildman–Crippen LogP) is -0.946. The second kappa shape index (κ2) is 5.80. The van der Waals surface area contributed by atoms with Crippen LogP contribution in [0.4, 0.5) is 0 Å². The Kier molecular flexibility index (Phi) is 4.36. The molecule has 98 valence electrons. The number of hydrogen-bond donors (Lipinski definition) is 1. The molecule has 2 saturated heterocycles. The maximum atomic E-state index is 12.2. The summed E-state index contributed by atoms with van der Waals surface area (Å²) >= 11 is 0. The number of likely N-dealkylation sites (N-methyl/N-ethyl adjacent to an activating group) is 1. The first-order valence-corrected chi connectivity index (χ1v) is 6.58. The normalized spacial score (nSPS) is 28.4. The lowest BCUT2D eigenvalue weighted by Gasteiger charge is -2.37. The number of piperazine rings is 2. The van der Waals surface area contributed by atoms with Crippen LogP contribution in [-0.2, 0) is 4.79 Å². The van der Waals surface area contributed by atoms with Crippen molar-refractivity contribution in [3.63, 3.8) is 0 Å². The van der Waals surface area contributed by atoms with Crippen molar-refractivity contribution in [1.82, 2.24) is 20.0 Å². The van der Waals surface area contributed by atoms with E-state index in [-0.39, 0.29) is 0 Å². The number of carbonyl (C=O) groups is 1. The van der Waals surface area contributed by atoms with Crippen molar-refractivity contribution in [3.8, 4) is 0 Å². The van der Waals surface area contributed by atoms with Gasteiger partial charge in [-0.25, -0.2) is 0 Å². The number of nitrogens with zero attached hydrogens (tertiary/aromatic N) is 3. The van der Waals surface area contributed by atoms with Gasteiger partial charge in [-0.15, -0.1) is 0 Å². The van der Waals surface area contributed by atoms with Crippen LogP contribution in [0.5, 0.6) is 0 Å². The molecule has 1 atom stereocenters. The first-order valence-electron chi connectivity index (χ1n) is 6.58.